The summed E-state index contributed by atoms with van der Waals surface area (Å²) in [5, 5.41) is 19.3. The van der Waals surface area contributed by atoms with Gasteiger partial charge in [-0.05, 0) is 18.6 Å². The van der Waals surface area contributed by atoms with Gasteiger partial charge in [0.1, 0.15) is 17.7 Å². The minimum Gasteiger partial charge on any atom is -0.399 e. The summed E-state index contributed by atoms with van der Waals surface area (Å²) in [7, 11) is 0. The molecule has 0 aromatic heterocycles. The number of halogens is 2. The Bertz CT molecular complexity index is 447. The van der Waals surface area contributed by atoms with Gasteiger partial charge in [0, 0.05) is 18.4 Å². The van der Waals surface area contributed by atoms with Crippen LogP contribution >= 0.6 is 11.8 Å². The Morgan fingerprint density at radius 2 is 1.89 bits per heavy atom. The second-order valence-electron chi connectivity index (χ2n) is 4.04. The molecule has 0 spiro atoms. The number of aliphatic hydroxyl groups is 2. The Morgan fingerprint density at radius 1 is 1.37 bits per heavy atom. The van der Waals surface area contributed by atoms with E-state index in [0.717, 1.165) is 23.9 Å². The topological polar surface area (TPSA) is 83.5 Å². The second kappa shape index (κ2) is 6.83. The summed E-state index contributed by atoms with van der Waals surface area (Å²) in [6, 6.07) is 1.75. The molecule has 1 aromatic rings. The molecular formula is C12H15F2NO3S. The van der Waals surface area contributed by atoms with Crippen molar-refractivity contribution in [3.8, 4) is 0 Å². The molecule has 7 heteroatoms. The van der Waals surface area contributed by atoms with Crippen molar-refractivity contribution in [2.24, 2.45) is 0 Å². The summed E-state index contributed by atoms with van der Waals surface area (Å²) < 4.78 is 27.0. The van der Waals surface area contributed by atoms with Crippen LogP contribution in [0.4, 0.5) is 14.5 Å². The first-order valence-electron chi connectivity index (χ1n) is 5.56. The number of carbonyl (C=O) groups is 1. The van der Waals surface area contributed by atoms with Crippen molar-refractivity contribution in [1.82, 2.24) is 0 Å². The second-order valence-corrected chi connectivity index (χ2v) is 5.31. The first kappa shape index (κ1) is 15.9. The molecule has 106 valence electrons. The van der Waals surface area contributed by atoms with Crippen molar-refractivity contribution < 1.29 is 23.8 Å². The third kappa shape index (κ3) is 4.45. The van der Waals surface area contributed by atoms with Gasteiger partial charge in [0.15, 0.2) is 5.12 Å². The summed E-state index contributed by atoms with van der Waals surface area (Å²) in [5.74, 6) is -1.77. The summed E-state index contributed by atoms with van der Waals surface area (Å²) in [6.07, 6.45) is -3.03. The van der Waals surface area contributed by atoms with Crippen LogP contribution in [0, 0.1) is 11.6 Å². The highest BCUT2D eigenvalue weighted by molar-refractivity contribution is 8.13. The number of benzene rings is 1. The molecule has 0 saturated heterocycles. The lowest BCUT2D eigenvalue weighted by Gasteiger charge is -2.19. The smallest absolute Gasteiger partial charge is 0.185 e. The summed E-state index contributed by atoms with van der Waals surface area (Å²) in [4.78, 5) is 10.7. The Kier molecular flexibility index (Phi) is 5.71. The third-order valence-corrected chi connectivity index (χ3v) is 3.33. The van der Waals surface area contributed by atoms with Crippen LogP contribution in [0.5, 0.6) is 0 Å². The summed E-state index contributed by atoms with van der Waals surface area (Å²) in [6.45, 7) is 1.37. The third-order valence-electron chi connectivity index (χ3n) is 2.48. The summed E-state index contributed by atoms with van der Waals surface area (Å²) in [5.41, 5.74) is 4.53. The van der Waals surface area contributed by atoms with Gasteiger partial charge in [-0.15, -0.1) is 0 Å². The van der Waals surface area contributed by atoms with Crippen molar-refractivity contribution in [3.05, 3.63) is 29.3 Å². The molecule has 0 aliphatic carbocycles. The van der Waals surface area contributed by atoms with Crippen LogP contribution in [0.25, 0.3) is 0 Å². The molecule has 0 bridgehead atoms. The van der Waals surface area contributed by atoms with Crippen LogP contribution in [0.2, 0.25) is 0 Å². The number of anilines is 1. The van der Waals surface area contributed by atoms with E-state index in [1.165, 1.54) is 6.92 Å². The number of nitrogens with two attached hydrogens (primary N) is 1. The predicted molar refractivity (Wildman–Crippen MR) is 69.5 cm³/mol. The van der Waals surface area contributed by atoms with E-state index in [1.807, 2.05) is 0 Å². The fraction of sp³-hybridized carbons (Fsp3) is 0.417. The quantitative estimate of drug-likeness (QED) is 0.718. The lowest BCUT2D eigenvalue weighted by atomic mass is 10.0. The standard InChI is InChI=1S/C12H15F2NO3S/c1-6(16)19-3-2-10(17)12(18)11-8(13)4-7(15)5-9(11)14/h4-5,10,12,17-18H,2-3,15H2,1H3. The number of nitrogen functional groups attached to an aromatic ring is 1. The maximum Gasteiger partial charge on any atom is 0.185 e. The van der Waals surface area contributed by atoms with Crippen LogP contribution in [-0.4, -0.2) is 27.2 Å². The highest BCUT2D eigenvalue weighted by atomic mass is 32.2. The van der Waals surface area contributed by atoms with E-state index in [4.69, 9.17) is 5.73 Å². The molecule has 0 saturated carbocycles. The van der Waals surface area contributed by atoms with E-state index in [0.29, 0.717) is 0 Å². The van der Waals surface area contributed by atoms with E-state index in [-0.39, 0.29) is 23.0 Å². The van der Waals surface area contributed by atoms with Gasteiger partial charge < -0.3 is 15.9 Å². The molecule has 0 radical (unpaired) electrons. The number of aliphatic hydroxyl groups excluding tert-OH is 2. The van der Waals surface area contributed by atoms with E-state index in [2.05, 4.69) is 0 Å². The van der Waals surface area contributed by atoms with Crippen molar-refractivity contribution in [2.75, 3.05) is 11.5 Å². The maximum atomic E-state index is 13.5. The Balaban J connectivity index is 2.76. The van der Waals surface area contributed by atoms with Crippen LogP contribution < -0.4 is 5.73 Å². The molecular weight excluding hydrogens is 276 g/mol. The largest absolute Gasteiger partial charge is 0.399 e. The number of hydrogen-bond donors (Lipinski definition) is 3. The van der Waals surface area contributed by atoms with Crippen LogP contribution in [0.15, 0.2) is 12.1 Å². The van der Waals surface area contributed by atoms with E-state index in [1.54, 1.807) is 0 Å². The maximum absolute atomic E-state index is 13.5. The predicted octanol–water partition coefficient (Wildman–Crippen LogP) is 1.61. The molecule has 0 fully saturated rings. The molecule has 0 amide bonds. The lowest BCUT2D eigenvalue weighted by Crippen LogP contribution is -2.21. The van der Waals surface area contributed by atoms with E-state index >= 15 is 0 Å². The average Bonchev–Trinajstić information content (AvgIpc) is 2.26. The minimum atomic E-state index is -1.70. The lowest BCUT2D eigenvalue weighted by molar-refractivity contribution is -0.109. The normalized spacial score (nSPS) is 14.2. The number of thioether (sulfide) groups is 1. The van der Waals surface area contributed by atoms with Crippen LogP contribution in [-0.2, 0) is 4.79 Å². The molecule has 2 unspecified atom stereocenters. The first-order chi connectivity index (χ1) is 8.82. The Morgan fingerprint density at radius 3 is 2.37 bits per heavy atom. The van der Waals surface area contributed by atoms with Gasteiger partial charge in [0.25, 0.3) is 0 Å². The molecule has 0 aliphatic rings. The monoisotopic (exact) mass is 291 g/mol. The van der Waals surface area contributed by atoms with Gasteiger partial charge in [-0.3, -0.25) is 4.79 Å². The highest BCUT2D eigenvalue weighted by Gasteiger charge is 2.25. The molecule has 1 aromatic carbocycles. The molecule has 19 heavy (non-hydrogen) atoms. The zero-order valence-electron chi connectivity index (χ0n) is 10.3. The number of hydrogen-bond acceptors (Lipinski definition) is 5. The van der Waals surface area contributed by atoms with Crippen molar-refractivity contribution in [1.29, 1.82) is 0 Å². The number of carbonyl (C=O) groups excluding carboxylic acids is 1. The molecule has 4 nitrogen and oxygen atoms in total. The molecule has 0 heterocycles. The van der Waals surface area contributed by atoms with Crippen molar-refractivity contribution >= 4 is 22.6 Å². The number of rotatable bonds is 5. The molecule has 1 rings (SSSR count). The SMILES string of the molecule is CC(=O)SCCC(O)C(O)c1c(F)cc(N)cc1F. The molecule has 4 N–H and O–H groups in total. The van der Waals surface area contributed by atoms with E-state index < -0.39 is 29.4 Å². The van der Waals surface area contributed by atoms with Gasteiger partial charge in [0.05, 0.1) is 11.7 Å². The first-order valence-corrected chi connectivity index (χ1v) is 6.55. The Hall–Kier alpha value is -1.18. The summed E-state index contributed by atoms with van der Waals surface area (Å²) >= 11 is 0.966. The van der Waals surface area contributed by atoms with Gasteiger partial charge in [-0.1, -0.05) is 11.8 Å². The van der Waals surface area contributed by atoms with Crippen molar-refractivity contribution in [2.45, 2.75) is 25.6 Å². The fourth-order valence-corrected chi connectivity index (χ4v) is 2.21. The Labute approximate surface area is 113 Å². The van der Waals surface area contributed by atoms with Gasteiger partial charge in [0.2, 0.25) is 0 Å². The van der Waals surface area contributed by atoms with Crippen LogP contribution in [0.3, 0.4) is 0 Å². The fourth-order valence-electron chi connectivity index (χ4n) is 1.56. The van der Waals surface area contributed by atoms with Crippen molar-refractivity contribution in [3.63, 3.8) is 0 Å². The van der Waals surface area contributed by atoms with Gasteiger partial charge in [-0.2, -0.15) is 0 Å². The zero-order valence-corrected chi connectivity index (χ0v) is 11.1. The average molecular weight is 291 g/mol. The van der Waals surface area contributed by atoms with E-state index in [9.17, 15) is 23.8 Å². The molecule has 2 atom stereocenters. The van der Waals surface area contributed by atoms with Gasteiger partial charge >= 0.3 is 0 Å². The minimum absolute atomic E-state index is 0.0364. The highest BCUT2D eigenvalue weighted by Crippen LogP contribution is 2.27. The zero-order chi connectivity index (χ0) is 14.6. The van der Waals surface area contributed by atoms with Crippen LogP contribution in [0.1, 0.15) is 25.0 Å². The molecule has 0 aliphatic heterocycles. The van der Waals surface area contributed by atoms with Gasteiger partial charge in [-0.25, -0.2) is 8.78 Å².